The maximum atomic E-state index is 12.1. The number of likely N-dealkylation sites (tertiary alicyclic amines) is 1. The molecule has 4 rings (SSSR count). The lowest BCUT2D eigenvalue weighted by molar-refractivity contribution is 0.0672. The van der Waals surface area contributed by atoms with Gasteiger partial charge in [0.15, 0.2) is 5.69 Å². The fourth-order valence-corrected chi connectivity index (χ4v) is 3.50. The highest BCUT2D eigenvalue weighted by atomic mass is 16.5. The summed E-state index contributed by atoms with van der Waals surface area (Å²) in [4.78, 5) is 14.7. The number of nitrogens with one attached hydrogen (secondary N) is 1. The van der Waals surface area contributed by atoms with Crippen LogP contribution in [0.2, 0.25) is 0 Å². The van der Waals surface area contributed by atoms with Crippen molar-refractivity contribution >= 4 is 5.91 Å². The van der Waals surface area contributed by atoms with Crippen LogP contribution >= 0.6 is 0 Å². The second-order valence-corrected chi connectivity index (χ2v) is 6.78. The van der Waals surface area contributed by atoms with Crippen LogP contribution in [0.1, 0.15) is 67.1 Å². The maximum absolute atomic E-state index is 12.1. The van der Waals surface area contributed by atoms with E-state index in [9.17, 15) is 4.79 Å². The molecular formula is C16H23N3O2. The van der Waals surface area contributed by atoms with Gasteiger partial charge in [0.25, 0.3) is 5.91 Å². The highest BCUT2D eigenvalue weighted by Gasteiger charge is 2.35. The van der Waals surface area contributed by atoms with E-state index in [0.717, 1.165) is 31.4 Å². The molecule has 1 amide bonds. The lowest BCUT2D eigenvalue weighted by atomic mass is 9.84. The molecule has 1 N–H and O–H groups in total. The highest BCUT2D eigenvalue weighted by Crippen LogP contribution is 2.40. The zero-order valence-electron chi connectivity index (χ0n) is 12.4. The molecule has 2 heterocycles. The molecule has 1 saturated heterocycles. The monoisotopic (exact) mass is 289 g/mol. The molecular weight excluding hydrogens is 266 g/mol. The molecule has 1 aromatic heterocycles. The predicted molar refractivity (Wildman–Crippen MR) is 78.2 cm³/mol. The van der Waals surface area contributed by atoms with Gasteiger partial charge in [-0.1, -0.05) is 11.6 Å². The van der Waals surface area contributed by atoms with Crippen LogP contribution < -0.4 is 5.32 Å². The van der Waals surface area contributed by atoms with Crippen molar-refractivity contribution < 1.29 is 9.32 Å². The van der Waals surface area contributed by atoms with Gasteiger partial charge in [-0.3, -0.25) is 4.79 Å². The van der Waals surface area contributed by atoms with Crippen LogP contribution in [0.4, 0.5) is 0 Å². The van der Waals surface area contributed by atoms with Crippen molar-refractivity contribution in [2.75, 3.05) is 13.1 Å². The number of carbonyl (C=O) groups is 1. The van der Waals surface area contributed by atoms with E-state index < -0.39 is 0 Å². The van der Waals surface area contributed by atoms with Crippen LogP contribution in [0.5, 0.6) is 0 Å². The van der Waals surface area contributed by atoms with Gasteiger partial charge in [-0.05, 0) is 51.6 Å². The average molecular weight is 289 g/mol. The van der Waals surface area contributed by atoms with Gasteiger partial charge >= 0.3 is 0 Å². The third-order valence-electron chi connectivity index (χ3n) is 5.10. The molecule has 1 aliphatic heterocycles. The third-order valence-corrected chi connectivity index (χ3v) is 5.10. The molecule has 0 spiro atoms. The Morgan fingerprint density at radius 2 is 2.00 bits per heavy atom. The van der Waals surface area contributed by atoms with Crippen LogP contribution in [0.15, 0.2) is 10.6 Å². The van der Waals surface area contributed by atoms with Crippen molar-refractivity contribution in [1.29, 1.82) is 0 Å². The summed E-state index contributed by atoms with van der Waals surface area (Å²) < 4.78 is 5.24. The Bertz CT molecular complexity index is 511. The summed E-state index contributed by atoms with van der Waals surface area (Å²) in [6.45, 7) is 2.47. The van der Waals surface area contributed by atoms with E-state index in [1.54, 1.807) is 0 Å². The van der Waals surface area contributed by atoms with Gasteiger partial charge in [0.2, 0.25) is 0 Å². The minimum absolute atomic E-state index is 0.0762. The zero-order valence-corrected chi connectivity index (χ0v) is 12.4. The lowest BCUT2D eigenvalue weighted by Crippen LogP contribution is -2.54. The Morgan fingerprint density at radius 1 is 1.24 bits per heavy atom. The smallest absolute Gasteiger partial charge is 0.273 e. The van der Waals surface area contributed by atoms with E-state index in [4.69, 9.17) is 4.52 Å². The Kier molecular flexibility index (Phi) is 3.45. The van der Waals surface area contributed by atoms with E-state index in [2.05, 4.69) is 15.4 Å². The van der Waals surface area contributed by atoms with Gasteiger partial charge in [0.05, 0.1) is 0 Å². The standard InChI is InChI=1S/C16H23N3O2/c20-16(14-10-15(21-18-14)11-4-5-11)17-12-8-13(9-12)19-6-2-1-3-7-19/h10-13H,1-9H2,(H,17,20). The zero-order chi connectivity index (χ0) is 14.2. The molecule has 0 radical (unpaired) electrons. The van der Waals surface area contributed by atoms with Gasteiger partial charge in [-0.15, -0.1) is 0 Å². The minimum atomic E-state index is -0.0762. The summed E-state index contributed by atoms with van der Waals surface area (Å²) in [5.74, 6) is 1.30. The first kappa shape index (κ1) is 13.3. The number of nitrogens with zero attached hydrogens (tertiary/aromatic N) is 2. The first-order valence-electron chi connectivity index (χ1n) is 8.31. The summed E-state index contributed by atoms with van der Waals surface area (Å²) in [6, 6.07) is 2.80. The van der Waals surface area contributed by atoms with Crippen LogP contribution in [0.25, 0.3) is 0 Å². The molecule has 0 aromatic carbocycles. The third kappa shape index (κ3) is 2.84. The normalized spacial score (nSPS) is 29.9. The minimum Gasteiger partial charge on any atom is -0.360 e. The number of rotatable bonds is 4. The summed E-state index contributed by atoms with van der Waals surface area (Å²) in [5, 5.41) is 6.99. The first-order chi connectivity index (χ1) is 10.3. The molecule has 1 aromatic rings. The van der Waals surface area contributed by atoms with Crippen LogP contribution in [0.3, 0.4) is 0 Å². The largest absolute Gasteiger partial charge is 0.360 e. The van der Waals surface area contributed by atoms with E-state index in [1.165, 1.54) is 32.4 Å². The Morgan fingerprint density at radius 3 is 2.71 bits per heavy atom. The quantitative estimate of drug-likeness (QED) is 0.924. The number of amides is 1. The van der Waals surface area contributed by atoms with Crippen molar-refractivity contribution in [2.45, 2.75) is 62.9 Å². The van der Waals surface area contributed by atoms with E-state index >= 15 is 0 Å². The Balaban J connectivity index is 1.26. The molecule has 2 aliphatic carbocycles. The molecule has 114 valence electrons. The summed E-state index contributed by atoms with van der Waals surface area (Å²) >= 11 is 0. The highest BCUT2D eigenvalue weighted by molar-refractivity contribution is 5.92. The number of aromatic nitrogens is 1. The van der Waals surface area contributed by atoms with Crippen molar-refractivity contribution in [3.63, 3.8) is 0 Å². The molecule has 0 atom stereocenters. The fourth-order valence-electron chi connectivity index (χ4n) is 3.50. The van der Waals surface area contributed by atoms with Crippen LogP contribution in [0, 0.1) is 0 Å². The van der Waals surface area contributed by atoms with Crippen LogP contribution in [-0.4, -0.2) is 41.1 Å². The van der Waals surface area contributed by atoms with E-state index in [-0.39, 0.29) is 5.91 Å². The van der Waals surface area contributed by atoms with E-state index in [0.29, 0.717) is 23.7 Å². The molecule has 5 heteroatoms. The van der Waals surface area contributed by atoms with Gasteiger partial charge < -0.3 is 14.7 Å². The van der Waals surface area contributed by atoms with Gasteiger partial charge in [0.1, 0.15) is 5.76 Å². The Labute approximate surface area is 125 Å². The van der Waals surface area contributed by atoms with Gasteiger partial charge in [-0.2, -0.15) is 0 Å². The summed E-state index contributed by atoms with van der Waals surface area (Å²) in [6.07, 6.45) is 8.52. The SMILES string of the molecule is O=C(NC1CC(N2CCCCC2)C1)c1cc(C2CC2)on1. The first-order valence-corrected chi connectivity index (χ1v) is 8.31. The van der Waals surface area contributed by atoms with Crippen molar-refractivity contribution in [3.05, 3.63) is 17.5 Å². The van der Waals surface area contributed by atoms with E-state index in [1.807, 2.05) is 6.07 Å². The topological polar surface area (TPSA) is 58.4 Å². The number of carbonyl (C=O) groups excluding carboxylic acids is 1. The fraction of sp³-hybridized carbons (Fsp3) is 0.750. The number of piperidine rings is 1. The molecule has 5 nitrogen and oxygen atoms in total. The molecule has 0 unspecified atom stereocenters. The lowest BCUT2D eigenvalue weighted by Gasteiger charge is -2.44. The molecule has 3 fully saturated rings. The molecule has 3 aliphatic rings. The van der Waals surface area contributed by atoms with Crippen LogP contribution in [-0.2, 0) is 0 Å². The molecule has 0 bridgehead atoms. The average Bonchev–Trinajstić information content (AvgIpc) is 3.20. The summed E-state index contributed by atoms with van der Waals surface area (Å²) in [7, 11) is 0. The number of hydrogen-bond donors (Lipinski definition) is 1. The van der Waals surface area contributed by atoms with Crippen molar-refractivity contribution in [1.82, 2.24) is 15.4 Å². The van der Waals surface area contributed by atoms with Gasteiger partial charge in [0, 0.05) is 24.1 Å². The number of hydrogen-bond acceptors (Lipinski definition) is 4. The predicted octanol–water partition coefficient (Wildman–Crippen LogP) is 2.30. The van der Waals surface area contributed by atoms with Gasteiger partial charge in [-0.25, -0.2) is 0 Å². The second kappa shape index (κ2) is 5.44. The van der Waals surface area contributed by atoms with Crippen molar-refractivity contribution in [2.24, 2.45) is 0 Å². The molecule has 2 saturated carbocycles. The maximum Gasteiger partial charge on any atom is 0.273 e. The molecule has 21 heavy (non-hydrogen) atoms. The summed E-state index contributed by atoms with van der Waals surface area (Å²) in [5.41, 5.74) is 0.443. The Hall–Kier alpha value is -1.36. The van der Waals surface area contributed by atoms with Crippen molar-refractivity contribution in [3.8, 4) is 0 Å². The second-order valence-electron chi connectivity index (χ2n) is 6.78.